The van der Waals surface area contributed by atoms with Crippen molar-refractivity contribution < 1.29 is 4.79 Å². The number of fused-ring (bicyclic) bond motifs is 1. The van der Waals surface area contributed by atoms with Gasteiger partial charge < -0.3 is 10.6 Å². The van der Waals surface area contributed by atoms with Crippen LogP contribution >= 0.6 is 0 Å². The number of rotatable bonds is 2. The van der Waals surface area contributed by atoms with E-state index in [0.717, 1.165) is 22.5 Å². The third-order valence-corrected chi connectivity index (χ3v) is 3.47. The lowest BCUT2D eigenvalue weighted by Gasteiger charge is -2.25. The summed E-state index contributed by atoms with van der Waals surface area (Å²) in [6.45, 7) is 2.03. The van der Waals surface area contributed by atoms with Crippen molar-refractivity contribution in [1.82, 2.24) is 4.98 Å². The number of carbonyl (C=O) groups excluding carboxylic acids is 1. The second kappa shape index (κ2) is 4.39. The fourth-order valence-corrected chi connectivity index (χ4v) is 2.60. The van der Waals surface area contributed by atoms with Gasteiger partial charge in [0.2, 0.25) is 5.91 Å². The van der Waals surface area contributed by atoms with Crippen LogP contribution in [0.1, 0.15) is 11.1 Å². The summed E-state index contributed by atoms with van der Waals surface area (Å²) in [4.78, 5) is 17.8. The Balaban J connectivity index is 2.12. The molecule has 0 fully saturated rings. The molecule has 1 aromatic carbocycles. The number of benzene rings is 1. The van der Waals surface area contributed by atoms with E-state index in [1.54, 1.807) is 12.4 Å². The maximum Gasteiger partial charge on any atom is 0.240 e. The lowest BCUT2D eigenvalue weighted by Crippen LogP contribution is -2.40. The molecule has 1 aliphatic rings. The van der Waals surface area contributed by atoms with Crippen LogP contribution in [0.15, 0.2) is 42.7 Å². The number of carbonyl (C=O) groups is 1. The Bertz CT molecular complexity index is 639. The Morgan fingerprint density at radius 1 is 1.42 bits per heavy atom. The predicted molar refractivity (Wildman–Crippen MR) is 74.2 cm³/mol. The van der Waals surface area contributed by atoms with Crippen molar-refractivity contribution in [1.29, 1.82) is 0 Å². The quantitative estimate of drug-likeness (QED) is 0.889. The van der Waals surface area contributed by atoms with Crippen molar-refractivity contribution in [2.75, 3.05) is 4.90 Å². The zero-order valence-corrected chi connectivity index (χ0v) is 10.7. The Hall–Kier alpha value is -2.36. The van der Waals surface area contributed by atoms with E-state index >= 15 is 0 Å². The van der Waals surface area contributed by atoms with Gasteiger partial charge in [0.15, 0.2) is 0 Å². The van der Waals surface area contributed by atoms with E-state index in [9.17, 15) is 4.79 Å². The fourth-order valence-electron chi connectivity index (χ4n) is 2.60. The highest BCUT2D eigenvalue weighted by Gasteiger charge is 2.34. The summed E-state index contributed by atoms with van der Waals surface area (Å²) in [6, 6.07) is 9.68. The van der Waals surface area contributed by atoms with Crippen LogP contribution in [0, 0.1) is 6.92 Å². The Kier molecular flexibility index (Phi) is 2.71. The van der Waals surface area contributed by atoms with Crippen LogP contribution in [0.25, 0.3) is 0 Å². The second-order valence-electron chi connectivity index (χ2n) is 4.84. The van der Waals surface area contributed by atoms with Gasteiger partial charge in [-0.1, -0.05) is 12.1 Å². The molecule has 1 aliphatic heterocycles. The number of aryl methyl sites for hydroxylation is 1. The minimum atomic E-state index is -0.332. The number of hydrogen-bond donors (Lipinski definition) is 1. The molecule has 1 amide bonds. The summed E-state index contributed by atoms with van der Waals surface area (Å²) in [6.07, 6.45) is 4.17. The lowest BCUT2D eigenvalue weighted by molar-refractivity contribution is -0.119. The first-order valence-corrected chi connectivity index (χ1v) is 6.25. The van der Waals surface area contributed by atoms with Gasteiger partial charge in [0.05, 0.1) is 0 Å². The zero-order chi connectivity index (χ0) is 13.4. The minimum Gasteiger partial charge on any atom is -0.368 e. The first-order valence-electron chi connectivity index (χ1n) is 6.25. The van der Waals surface area contributed by atoms with E-state index in [1.165, 1.54) is 0 Å². The number of amides is 1. The maximum absolute atomic E-state index is 11.7. The molecule has 2 N–H and O–H groups in total. The number of pyridine rings is 1. The summed E-state index contributed by atoms with van der Waals surface area (Å²) in [5.41, 5.74) is 9.77. The van der Waals surface area contributed by atoms with Crippen molar-refractivity contribution >= 4 is 17.3 Å². The summed E-state index contributed by atoms with van der Waals surface area (Å²) < 4.78 is 0. The molecule has 0 radical (unpaired) electrons. The topological polar surface area (TPSA) is 59.2 Å². The molecule has 2 aromatic rings. The Morgan fingerprint density at radius 3 is 3.00 bits per heavy atom. The number of nitrogens with two attached hydrogens (primary N) is 1. The standard InChI is InChI=1S/C15H15N3O/c1-10-3-2-4-12(7-10)18-13-5-6-17-9-11(13)8-14(18)15(16)19/h2-7,9,14H,8H2,1H3,(H2,16,19). The van der Waals surface area contributed by atoms with Crippen LogP contribution in [0.2, 0.25) is 0 Å². The fraction of sp³-hybridized carbons (Fsp3) is 0.200. The Morgan fingerprint density at radius 2 is 2.26 bits per heavy atom. The molecule has 0 saturated heterocycles. The molecule has 4 nitrogen and oxygen atoms in total. The minimum absolute atomic E-state index is 0.308. The number of aromatic nitrogens is 1. The normalized spacial score (nSPS) is 17.3. The monoisotopic (exact) mass is 253 g/mol. The van der Waals surface area contributed by atoms with Crippen LogP contribution in [0.4, 0.5) is 11.4 Å². The molecule has 1 unspecified atom stereocenters. The van der Waals surface area contributed by atoms with E-state index in [1.807, 2.05) is 36.1 Å². The average Bonchev–Trinajstić information content (AvgIpc) is 2.78. The highest BCUT2D eigenvalue weighted by molar-refractivity contribution is 5.90. The molecule has 1 aromatic heterocycles. The van der Waals surface area contributed by atoms with E-state index < -0.39 is 0 Å². The third kappa shape index (κ3) is 1.95. The highest BCUT2D eigenvalue weighted by atomic mass is 16.1. The van der Waals surface area contributed by atoms with Crippen LogP contribution in [-0.4, -0.2) is 16.9 Å². The van der Waals surface area contributed by atoms with Gasteiger partial charge in [-0.2, -0.15) is 0 Å². The molecule has 0 spiro atoms. The molecule has 0 saturated carbocycles. The van der Waals surface area contributed by atoms with Gasteiger partial charge in [-0.15, -0.1) is 0 Å². The summed E-state index contributed by atoms with van der Waals surface area (Å²) in [7, 11) is 0. The number of nitrogens with zero attached hydrogens (tertiary/aromatic N) is 2. The molecule has 96 valence electrons. The van der Waals surface area contributed by atoms with Gasteiger partial charge in [0.25, 0.3) is 0 Å². The van der Waals surface area contributed by atoms with E-state index in [4.69, 9.17) is 5.73 Å². The van der Waals surface area contributed by atoms with Crippen LogP contribution in [0.3, 0.4) is 0 Å². The Labute approximate surface area is 111 Å². The first kappa shape index (κ1) is 11.7. The molecule has 2 heterocycles. The maximum atomic E-state index is 11.7. The SMILES string of the molecule is Cc1cccc(N2c3ccncc3CC2C(N)=O)c1. The summed E-state index contributed by atoms with van der Waals surface area (Å²) in [5, 5.41) is 0. The lowest BCUT2D eigenvalue weighted by atomic mass is 10.1. The molecule has 0 bridgehead atoms. The van der Waals surface area contributed by atoms with Gasteiger partial charge in [0.1, 0.15) is 6.04 Å². The van der Waals surface area contributed by atoms with Crippen molar-refractivity contribution in [2.24, 2.45) is 5.73 Å². The van der Waals surface area contributed by atoms with Gasteiger partial charge in [-0.05, 0) is 36.2 Å². The van der Waals surface area contributed by atoms with E-state index in [-0.39, 0.29) is 11.9 Å². The van der Waals surface area contributed by atoms with Crippen molar-refractivity contribution in [3.05, 3.63) is 53.9 Å². The number of primary amides is 1. The van der Waals surface area contributed by atoms with Gasteiger partial charge >= 0.3 is 0 Å². The van der Waals surface area contributed by atoms with Gasteiger partial charge in [0, 0.05) is 30.2 Å². The molecule has 19 heavy (non-hydrogen) atoms. The van der Waals surface area contributed by atoms with Gasteiger partial charge in [-0.25, -0.2) is 0 Å². The van der Waals surface area contributed by atoms with Gasteiger partial charge in [-0.3, -0.25) is 9.78 Å². The molecule has 3 rings (SSSR count). The van der Waals surface area contributed by atoms with Crippen molar-refractivity contribution in [3.63, 3.8) is 0 Å². The third-order valence-electron chi connectivity index (χ3n) is 3.47. The van der Waals surface area contributed by atoms with E-state index in [0.29, 0.717) is 6.42 Å². The van der Waals surface area contributed by atoms with Crippen LogP contribution in [0.5, 0.6) is 0 Å². The zero-order valence-electron chi connectivity index (χ0n) is 10.7. The second-order valence-corrected chi connectivity index (χ2v) is 4.84. The summed E-state index contributed by atoms with van der Waals surface area (Å²) in [5.74, 6) is -0.308. The van der Waals surface area contributed by atoms with E-state index in [2.05, 4.69) is 11.1 Å². The molecule has 4 heteroatoms. The van der Waals surface area contributed by atoms with Crippen LogP contribution < -0.4 is 10.6 Å². The van der Waals surface area contributed by atoms with Crippen LogP contribution in [-0.2, 0) is 11.2 Å². The molecular weight excluding hydrogens is 238 g/mol. The smallest absolute Gasteiger partial charge is 0.240 e. The van der Waals surface area contributed by atoms with Crippen molar-refractivity contribution in [2.45, 2.75) is 19.4 Å². The molecule has 0 aliphatic carbocycles. The number of hydrogen-bond acceptors (Lipinski definition) is 3. The molecule has 1 atom stereocenters. The summed E-state index contributed by atoms with van der Waals surface area (Å²) >= 11 is 0. The average molecular weight is 253 g/mol. The highest BCUT2D eigenvalue weighted by Crippen LogP contribution is 2.37. The molecular formula is C15H15N3O. The first-order chi connectivity index (χ1) is 9.16. The largest absolute Gasteiger partial charge is 0.368 e. The number of anilines is 2. The van der Waals surface area contributed by atoms with Crippen molar-refractivity contribution in [3.8, 4) is 0 Å². The predicted octanol–water partition coefficient (Wildman–Crippen LogP) is 1.94.